The molecule has 1 atom stereocenters. The highest BCUT2D eigenvalue weighted by Gasteiger charge is 2.32. The van der Waals surface area contributed by atoms with Crippen LogP contribution in [-0.2, 0) is 4.74 Å². The van der Waals surface area contributed by atoms with Crippen LogP contribution in [0, 0.1) is 0 Å². The lowest BCUT2D eigenvalue weighted by atomic mass is 10.2. The van der Waals surface area contributed by atoms with E-state index in [1.165, 1.54) is 0 Å². The van der Waals surface area contributed by atoms with E-state index in [0.29, 0.717) is 13.1 Å². The lowest BCUT2D eigenvalue weighted by molar-refractivity contribution is 0.0228. The first-order chi connectivity index (χ1) is 8.33. The van der Waals surface area contributed by atoms with Crippen molar-refractivity contribution < 1.29 is 14.3 Å². The van der Waals surface area contributed by atoms with Crippen molar-refractivity contribution in [2.24, 2.45) is 0 Å². The van der Waals surface area contributed by atoms with Crippen LogP contribution in [0.4, 0.5) is 9.59 Å². The van der Waals surface area contributed by atoms with Crippen LogP contribution in [0.1, 0.15) is 33.6 Å². The van der Waals surface area contributed by atoms with Gasteiger partial charge >= 0.3 is 12.1 Å². The average Bonchev–Trinajstić information content (AvgIpc) is 2.71. The molecule has 1 saturated heterocycles. The molecule has 1 fully saturated rings. The third-order valence-corrected chi connectivity index (χ3v) is 2.73. The Kier molecular flexibility index (Phi) is 4.81. The summed E-state index contributed by atoms with van der Waals surface area (Å²) in [5.74, 6) is 0. The molecule has 18 heavy (non-hydrogen) atoms. The van der Waals surface area contributed by atoms with Gasteiger partial charge in [-0.2, -0.15) is 0 Å². The molecule has 0 saturated carbocycles. The van der Waals surface area contributed by atoms with Gasteiger partial charge in [0, 0.05) is 20.1 Å². The zero-order chi connectivity index (χ0) is 13.8. The van der Waals surface area contributed by atoms with Gasteiger partial charge < -0.3 is 20.3 Å². The van der Waals surface area contributed by atoms with Gasteiger partial charge in [0.25, 0.3) is 0 Å². The summed E-state index contributed by atoms with van der Waals surface area (Å²) in [5, 5.41) is 5.21. The summed E-state index contributed by atoms with van der Waals surface area (Å²) in [6.07, 6.45) is 1.53. The van der Waals surface area contributed by atoms with Gasteiger partial charge in [-0.15, -0.1) is 0 Å². The molecule has 1 aliphatic heterocycles. The Morgan fingerprint density at radius 2 is 2.06 bits per heavy atom. The number of urea groups is 1. The average molecular weight is 257 g/mol. The molecule has 0 radical (unpaired) electrons. The highest BCUT2D eigenvalue weighted by atomic mass is 16.6. The third-order valence-electron chi connectivity index (χ3n) is 2.73. The van der Waals surface area contributed by atoms with Gasteiger partial charge in [0.2, 0.25) is 0 Å². The first kappa shape index (κ1) is 14.6. The predicted octanol–water partition coefficient (Wildman–Crippen LogP) is 1.31. The molecule has 1 rings (SSSR count). The second kappa shape index (κ2) is 5.93. The molecular weight excluding hydrogens is 234 g/mol. The van der Waals surface area contributed by atoms with Crippen molar-refractivity contribution in [3.05, 3.63) is 0 Å². The van der Waals surface area contributed by atoms with Crippen LogP contribution in [0.2, 0.25) is 0 Å². The Labute approximate surface area is 108 Å². The van der Waals surface area contributed by atoms with E-state index in [2.05, 4.69) is 10.6 Å². The summed E-state index contributed by atoms with van der Waals surface area (Å²) in [7, 11) is 1.57. The van der Waals surface area contributed by atoms with E-state index in [4.69, 9.17) is 4.74 Å². The van der Waals surface area contributed by atoms with Gasteiger partial charge in [0.05, 0.1) is 6.04 Å². The fraction of sp³-hybridized carbons (Fsp3) is 0.833. The van der Waals surface area contributed by atoms with E-state index in [1.54, 1.807) is 11.9 Å². The highest BCUT2D eigenvalue weighted by Crippen LogP contribution is 2.20. The van der Waals surface area contributed by atoms with E-state index in [0.717, 1.165) is 12.8 Å². The Morgan fingerprint density at radius 3 is 2.61 bits per heavy atom. The quantitative estimate of drug-likeness (QED) is 0.783. The monoisotopic (exact) mass is 257 g/mol. The second-order valence-corrected chi connectivity index (χ2v) is 5.43. The summed E-state index contributed by atoms with van der Waals surface area (Å²) in [6, 6.07) is -0.205. The number of hydrogen-bond donors (Lipinski definition) is 2. The lowest BCUT2D eigenvalue weighted by Crippen LogP contribution is -2.46. The van der Waals surface area contributed by atoms with E-state index >= 15 is 0 Å². The van der Waals surface area contributed by atoms with E-state index in [-0.39, 0.29) is 18.2 Å². The molecule has 3 amide bonds. The number of likely N-dealkylation sites (tertiary alicyclic amines) is 1. The Bertz CT molecular complexity index is 312. The van der Waals surface area contributed by atoms with Crippen LogP contribution in [0.25, 0.3) is 0 Å². The summed E-state index contributed by atoms with van der Waals surface area (Å²) >= 11 is 0. The molecule has 6 nitrogen and oxygen atoms in total. The number of rotatable bonds is 2. The van der Waals surface area contributed by atoms with Crippen molar-refractivity contribution in [2.45, 2.75) is 45.3 Å². The molecule has 0 aromatic rings. The number of hydrogen-bond acceptors (Lipinski definition) is 3. The molecule has 6 heteroatoms. The smallest absolute Gasteiger partial charge is 0.410 e. The normalized spacial score (nSPS) is 19.6. The van der Waals surface area contributed by atoms with Crippen molar-refractivity contribution >= 4 is 12.1 Å². The summed E-state index contributed by atoms with van der Waals surface area (Å²) < 4.78 is 5.34. The second-order valence-electron chi connectivity index (χ2n) is 5.43. The number of amides is 3. The van der Waals surface area contributed by atoms with Crippen LogP contribution in [0.5, 0.6) is 0 Å². The van der Waals surface area contributed by atoms with Crippen LogP contribution in [0.3, 0.4) is 0 Å². The number of ether oxygens (including phenoxy) is 1. The highest BCUT2D eigenvalue weighted by molar-refractivity contribution is 5.73. The molecular formula is C12H23N3O3. The summed E-state index contributed by atoms with van der Waals surface area (Å²) in [5.41, 5.74) is -0.488. The fourth-order valence-corrected chi connectivity index (χ4v) is 1.91. The van der Waals surface area contributed by atoms with Crippen LogP contribution in [0.15, 0.2) is 0 Å². The minimum Gasteiger partial charge on any atom is -0.444 e. The Morgan fingerprint density at radius 1 is 1.39 bits per heavy atom. The van der Waals surface area contributed by atoms with Crippen molar-refractivity contribution in [1.29, 1.82) is 0 Å². The topological polar surface area (TPSA) is 70.7 Å². The maximum atomic E-state index is 12.0. The van der Waals surface area contributed by atoms with Crippen molar-refractivity contribution in [1.82, 2.24) is 15.5 Å². The maximum Gasteiger partial charge on any atom is 0.410 e. The van der Waals surface area contributed by atoms with Gasteiger partial charge in [0.15, 0.2) is 0 Å². The zero-order valence-electron chi connectivity index (χ0n) is 11.6. The van der Waals surface area contributed by atoms with Crippen molar-refractivity contribution in [2.75, 3.05) is 20.1 Å². The minimum atomic E-state index is -0.488. The van der Waals surface area contributed by atoms with Gasteiger partial charge in [0.1, 0.15) is 5.60 Å². The Hall–Kier alpha value is -1.46. The molecule has 104 valence electrons. The first-order valence-corrected chi connectivity index (χ1v) is 6.28. The van der Waals surface area contributed by atoms with Crippen molar-refractivity contribution in [3.8, 4) is 0 Å². The standard InChI is InChI=1S/C12H23N3O3/c1-12(2,3)18-11(17)15-7-5-6-9(15)8-14-10(16)13-4/h9H,5-8H2,1-4H3,(H2,13,14,16)/t9-/m0/s1. The van der Waals surface area contributed by atoms with Gasteiger partial charge in [-0.05, 0) is 33.6 Å². The van der Waals surface area contributed by atoms with Gasteiger partial charge in [-0.1, -0.05) is 0 Å². The summed E-state index contributed by atoms with van der Waals surface area (Å²) in [4.78, 5) is 24.8. The molecule has 0 spiro atoms. The largest absolute Gasteiger partial charge is 0.444 e. The molecule has 0 aromatic carbocycles. The Balaban J connectivity index is 2.49. The molecule has 0 bridgehead atoms. The third kappa shape index (κ3) is 4.43. The number of nitrogens with zero attached hydrogens (tertiary/aromatic N) is 1. The first-order valence-electron chi connectivity index (χ1n) is 6.28. The van der Waals surface area contributed by atoms with E-state index in [9.17, 15) is 9.59 Å². The predicted molar refractivity (Wildman–Crippen MR) is 68.4 cm³/mol. The molecule has 1 aliphatic rings. The molecule has 2 N–H and O–H groups in total. The van der Waals surface area contributed by atoms with Crippen LogP contribution in [-0.4, -0.2) is 48.8 Å². The maximum absolute atomic E-state index is 12.0. The fourth-order valence-electron chi connectivity index (χ4n) is 1.91. The molecule has 0 aromatic heterocycles. The SMILES string of the molecule is CNC(=O)NC[C@@H]1CCCN1C(=O)OC(C)(C)C. The van der Waals surface area contributed by atoms with E-state index < -0.39 is 5.60 Å². The van der Waals surface area contributed by atoms with Gasteiger partial charge in [-0.25, -0.2) is 9.59 Å². The zero-order valence-corrected chi connectivity index (χ0v) is 11.6. The van der Waals surface area contributed by atoms with E-state index in [1.807, 2.05) is 20.8 Å². The van der Waals surface area contributed by atoms with Crippen LogP contribution < -0.4 is 10.6 Å². The van der Waals surface area contributed by atoms with Crippen LogP contribution >= 0.6 is 0 Å². The molecule has 0 unspecified atom stereocenters. The number of carbonyl (C=O) groups excluding carboxylic acids is 2. The van der Waals surface area contributed by atoms with Gasteiger partial charge in [-0.3, -0.25) is 0 Å². The van der Waals surface area contributed by atoms with Crippen molar-refractivity contribution in [3.63, 3.8) is 0 Å². The summed E-state index contributed by atoms with van der Waals surface area (Å²) in [6.45, 7) is 6.68. The number of carbonyl (C=O) groups is 2. The molecule has 1 heterocycles. The lowest BCUT2D eigenvalue weighted by Gasteiger charge is -2.28. The number of nitrogens with one attached hydrogen (secondary N) is 2. The molecule has 0 aliphatic carbocycles. The minimum absolute atomic E-state index is 0.0251.